The molecular weight excluding hydrogens is 405 g/mol. The number of carbonyl (C=O) groups is 1. The monoisotopic (exact) mass is 427 g/mol. The molecule has 1 atom stereocenters. The minimum Gasteiger partial charge on any atom is -0.488 e. The van der Waals surface area contributed by atoms with Crippen LogP contribution in [0.15, 0.2) is 78.9 Å². The number of benzene rings is 3. The number of hydrogen-bond donors (Lipinski definition) is 1. The number of nitrogens with one attached hydrogen (secondary N) is 1. The minimum atomic E-state index is -3.22. The summed E-state index contributed by atoms with van der Waals surface area (Å²) >= 11 is 0. The zero-order chi connectivity index (χ0) is 21.6. The molecule has 1 N–H and O–H groups in total. The normalized spacial score (nSPS) is 12.2. The molecule has 0 fully saturated rings. The lowest BCUT2D eigenvalue weighted by Gasteiger charge is -2.20. The predicted octanol–water partition coefficient (Wildman–Crippen LogP) is 3.92. The van der Waals surface area contributed by atoms with Crippen LogP contribution in [-0.2, 0) is 15.6 Å². The Morgan fingerprint density at radius 3 is 2.40 bits per heavy atom. The first-order chi connectivity index (χ1) is 14.3. The van der Waals surface area contributed by atoms with E-state index in [1.54, 1.807) is 36.4 Å². The summed E-state index contributed by atoms with van der Waals surface area (Å²) in [6.07, 6.45) is 1.14. The standard InChI is InChI=1S/C23H22FNO4S/c1-30(27,28)16-17-8-7-11-19(14-17)23(26)25-21(18-9-3-2-4-10-18)15-29-22-13-6-5-12-20(22)24/h2-14,21H,15-16H2,1H3,(H,25,26). The molecule has 0 aliphatic carbocycles. The van der Waals surface area contributed by atoms with Crippen LogP contribution in [0, 0.1) is 5.82 Å². The first kappa shape index (κ1) is 21.5. The summed E-state index contributed by atoms with van der Waals surface area (Å²) in [6, 6.07) is 21.2. The van der Waals surface area contributed by atoms with Crippen molar-refractivity contribution in [3.63, 3.8) is 0 Å². The topological polar surface area (TPSA) is 72.5 Å². The number of ether oxygens (including phenoxy) is 1. The van der Waals surface area contributed by atoms with Crippen LogP contribution in [0.3, 0.4) is 0 Å². The molecule has 0 bridgehead atoms. The van der Waals surface area contributed by atoms with Crippen molar-refractivity contribution in [2.24, 2.45) is 0 Å². The average molecular weight is 427 g/mol. The molecular formula is C23H22FNO4S. The fourth-order valence-electron chi connectivity index (χ4n) is 2.99. The van der Waals surface area contributed by atoms with Gasteiger partial charge in [-0.25, -0.2) is 12.8 Å². The molecule has 0 saturated heterocycles. The van der Waals surface area contributed by atoms with Gasteiger partial charge in [-0.15, -0.1) is 0 Å². The van der Waals surface area contributed by atoms with Crippen LogP contribution in [0.25, 0.3) is 0 Å². The average Bonchev–Trinajstić information content (AvgIpc) is 2.71. The van der Waals surface area contributed by atoms with E-state index < -0.39 is 21.7 Å². The van der Waals surface area contributed by atoms with Crippen LogP contribution in [-0.4, -0.2) is 27.2 Å². The van der Waals surface area contributed by atoms with Gasteiger partial charge in [0.1, 0.15) is 6.61 Å². The summed E-state index contributed by atoms with van der Waals surface area (Å²) < 4.78 is 42.6. The second kappa shape index (κ2) is 9.54. The van der Waals surface area contributed by atoms with Crippen molar-refractivity contribution >= 4 is 15.7 Å². The number of para-hydroxylation sites is 1. The quantitative estimate of drug-likeness (QED) is 0.591. The van der Waals surface area contributed by atoms with Crippen molar-refractivity contribution < 1.29 is 22.3 Å². The summed E-state index contributed by atoms with van der Waals surface area (Å²) in [7, 11) is -3.22. The summed E-state index contributed by atoms with van der Waals surface area (Å²) in [6.45, 7) is 0.0275. The van der Waals surface area contributed by atoms with Gasteiger partial charge in [-0.05, 0) is 35.4 Å². The summed E-state index contributed by atoms with van der Waals surface area (Å²) in [5.74, 6) is -0.907. The number of carbonyl (C=O) groups excluding carboxylic acids is 1. The Balaban J connectivity index is 1.78. The Bertz CT molecular complexity index is 1120. The van der Waals surface area contributed by atoms with Crippen LogP contribution in [0.2, 0.25) is 0 Å². The summed E-state index contributed by atoms with van der Waals surface area (Å²) in [4.78, 5) is 12.8. The van der Waals surface area contributed by atoms with Crippen LogP contribution in [0.1, 0.15) is 27.5 Å². The van der Waals surface area contributed by atoms with Crippen molar-refractivity contribution in [2.45, 2.75) is 11.8 Å². The van der Waals surface area contributed by atoms with Crippen molar-refractivity contribution in [3.8, 4) is 5.75 Å². The van der Waals surface area contributed by atoms with Crippen LogP contribution >= 0.6 is 0 Å². The minimum absolute atomic E-state index is 0.0275. The van der Waals surface area contributed by atoms with Crippen LogP contribution in [0.4, 0.5) is 4.39 Å². The summed E-state index contributed by atoms with van der Waals surface area (Å²) in [5, 5.41) is 2.89. The number of halogens is 1. The highest BCUT2D eigenvalue weighted by Gasteiger charge is 2.18. The third kappa shape index (κ3) is 6.15. The highest BCUT2D eigenvalue weighted by atomic mass is 32.2. The molecule has 3 aromatic carbocycles. The summed E-state index contributed by atoms with van der Waals surface area (Å²) in [5.41, 5.74) is 1.67. The Kier molecular flexibility index (Phi) is 6.84. The maximum absolute atomic E-state index is 13.9. The van der Waals surface area contributed by atoms with Gasteiger partial charge in [0.15, 0.2) is 21.4 Å². The van der Waals surface area contributed by atoms with E-state index in [9.17, 15) is 17.6 Å². The van der Waals surface area contributed by atoms with E-state index in [0.29, 0.717) is 11.1 Å². The molecule has 0 heterocycles. The van der Waals surface area contributed by atoms with Crippen molar-refractivity contribution in [3.05, 3.63) is 101 Å². The maximum atomic E-state index is 13.9. The zero-order valence-corrected chi connectivity index (χ0v) is 17.2. The van der Waals surface area contributed by atoms with Gasteiger partial charge in [-0.3, -0.25) is 4.79 Å². The fourth-order valence-corrected chi connectivity index (χ4v) is 3.77. The number of amides is 1. The van der Waals surface area contributed by atoms with Gasteiger partial charge in [0.2, 0.25) is 0 Å². The lowest BCUT2D eigenvalue weighted by atomic mass is 10.1. The lowest BCUT2D eigenvalue weighted by Crippen LogP contribution is -2.32. The molecule has 0 aliphatic heterocycles. The van der Waals surface area contributed by atoms with E-state index in [4.69, 9.17) is 4.74 Å². The SMILES string of the molecule is CS(=O)(=O)Cc1cccc(C(=O)NC(COc2ccccc2F)c2ccccc2)c1. The van der Waals surface area contributed by atoms with Crippen molar-refractivity contribution in [2.75, 3.05) is 12.9 Å². The van der Waals surface area contributed by atoms with E-state index >= 15 is 0 Å². The first-order valence-corrected chi connectivity index (χ1v) is 11.4. The third-order valence-electron chi connectivity index (χ3n) is 4.37. The largest absolute Gasteiger partial charge is 0.488 e. The maximum Gasteiger partial charge on any atom is 0.251 e. The Morgan fingerprint density at radius 2 is 1.70 bits per heavy atom. The van der Waals surface area contributed by atoms with Crippen LogP contribution < -0.4 is 10.1 Å². The molecule has 1 amide bonds. The van der Waals surface area contributed by atoms with Gasteiger partial charge in [0.05, 0.1) is 11.8 Å². The molecule has 1 unspecified atom stereocenters. The van der Waals surface area contributed by atoms with E-state index in [1.807, 2.05) is 30.3 Å². The number of sulfone groups is 1. The number of hydrogen-bond acceptors (Lipinski definition) is 4. The second-order valence-electron chi connectivity index (χ2n) is 6.95. The van der Waals surface area contributed by atoms with E-state index in [0.717, 1.165) is 11.8 Å². The molecule has 3 rings (SSSR count). The Morgan fingerprint density at radius 1 is 1.00 bits per heavy atom. The third-order valence-corrected chi connectivity index (χ3v) is 5.23. The smallest absolute Gasteiger partial charge is 0.251 e. The molecule has 0 aliphatic rings. The van der Waals surface area contributed by atoms with E-state index in [-0.39, 0.29) is 24.0 Å². The molecule has 0 saturated carbocycles. The van der Waals surface area contributed by atoms with Gasteiger partial charge >= 0.3 is 0 Å². The van der Waals surface area contributed by atoms with E-state index in [1.165, 1.54) is 12.1 Å². The zero-order valence-electron chi connectivity index (χ0n) is 16.4. The van der Waals surface area contributed by atoms with E-state index in [2.05, 4.69) is 5.32 Å². The molecule has 156 valence electrons. The molecule has 3 aromatic rings. The fraction of sp³-hybridized carbons (Fsp3) is 0.174. The first-order valence-electron chi connectivity index (χ1n) is 9.31. The molecule has 5 nitrogen and oxygen atoms in total. The Labute approximate surface area is 175 Å². The van der Waals surface area contributed by atoms with Gasteiger partial charge in [-0.2, -0.15) is 0 Å². The van der Waals surface area contributed by atoms with Gasteiger partial charge in [0.25, 0.3) is 5.91 Å². The molecule has 30 heavy (non-hydrogen) atoms. The van der Waals surface area contributed by atoms with Crippen LogP contribution in [0.5, 0.6) is 5.75 Å². The molecule has 0 radical (unpaired) electrons. The van der Waals surface area contributed by atoms with Gasteiger partial charge in [0, 0.05) is 11.8 Å². The highest BCUT2D eigenvalue weighted by molar-refractivity contribution is 7.89. The predicted molar refractivity (Wildman–Crippen MR) is 114 cm³/mol. The van der Waals surface area contributed by atoms with Crippen molar-refractivity contribution in [1.82, 2.24) is 5.32 Å². The molecule has 0 spiro atoms. The molecule has 7 heteroatoms. The second-order valence-corrected chi connectivity index (χ2v) is 9.09. The van der Waals surface area contributed by atoms with Crippen molar-refractivity contribution in [1.29, 1.82) is 0 Å². The highest BCUT2D eigenvalue weighted by Crippen LogP contribution is 2.20. The van der Waals surface area contributed by atoms with Gasteiger partial charge in [-0.1, -0.05) is 54.6 Å². The number of rotatable bonds is 8. The Hall–Kier alpha value is -3.19. The lowest BCUT2D eigenvalue weighted by molar-refractivity contribution is 0.0920. The van der Waals surface area contributed by atoms with Gasteiger partial charge < -0.3 is 10.1 Å². The molecule has 0 aromatic heterocycles.